The Morgan fingerprint density at radius 3 is 2.29 bits per heavy atom. The molecule has 0 N–H and O–H groups in total. The Kier molecular flexibility index (Phi) is 2.22. The maximum Gasteiger partial charge on any atom is 0.230 e. The van der Waals surface area contributed by atoms with Crippen molar-refractivity contribution >= 4 is 5.78 Å². The van der Waals surface area contributed by atoms with Gasteiger partial charge in [0.2, 0.25) is 11.6 Å². The van der Waals surface area contributed by atoms with Crippen molar-refractivity contribution in [2.75, 3.05) is 0 Å². The fraction of sp³-hybridized carbons (Fsp3) is 0. The molecule has 0 aliphatic heterocycles. The number of rotatable bonds is 2. The normalized spacial score (nSPS) is 9.71. The summed E-state index contributed by atoms with van der Waals surface area (Å²) in [5.74, 6) is -0.0824. The molecule has 0 aliphatic carbocycles. The third-order valence-electron chi connectivity index (χ3n) is 1.64. The van der Waals surface area contributed by atoms with Gasteiger partial charge in [-0.15, -0.1) is 0 Å². The lowest BCUT2D eigenvalue weighted by Crippen LogP contribution is -2.06. The lowest BCUT2D eigenvalue weighted by molar-refractivity contribution is 0.102. The Balaban J connectivity index is 2.35. The van der Waals surface area contributed by atoms with Gasteiger partial charge >= 0.3 is 0 Å². The number of pyridine rings is 1. The lowest BCUT2D eigenvalue weighted by atomic mass is 10.2. The zero-order valence-electron chi connectivity index (χ0n) is 7.16. The number of hydrogen-bond acceptors (Lipinski definition) is 5. The predicted octanol–water partition coefficient (Wildman–Crippen LogP) is 0.498. The van der Waals surface area contributed by atoms with Crippen LogP contribution in [0.2, 0.25) is 0 Å². The summed E-state index contributed by atoms with van der Waals surface area (Å²) in [6.45, 7) is 0. The van der Waals surface area contributed by atoms with Gasteiger partial charge in [-0.05, 0) is 12.1 Å². The Morgan fingerprint density at radius 2 is 1.64 bits per heavy atom. The van der Waals surface area contributed by atoms with E-state index < -0.39 is 0 Å². The van der Waals surface area contributed by atoms with Gasteiger partial charge in [0.25, 0.3) is 0 Å². The van der Waals surface area contributed by atoms with Crippen molar-refractivity contribution in [1.29, 1.82) is 0 Å². The highest BCUT2D eigenvalue weighted by atomic mass is 16.1. The Hall–Kier alpha value is -2.17. The number of nitrogens with zero attached hydrogens (tertiary/aromatic N) is 4. The van der Waals surface area contributed by atoms with Gasteiger partial charge < -0.3 is 0 Å². The van der Waals surface area contributed by atoms with Crippen LogP contribution in [-0.2, 0) is 0 Å². The number of carbonyl (C=O) groups is 1. The zero-order chi connectivity index (χ0) is 9.80. The van der Waals surface area contributed by atoms with Crippen LogP contribution in [0.25, 0.3) is 0 Å². The summed E-state index contributed by atoms with van der Waals surface area (Å²) in [4.78, 5) is 26.6. The summed E-state index contributed by atoms with van der Waals surface area (Å²) in [7, 11) is 0. The molecule has 0 unspecified atom stereocenters. The molecule has 14 heavy (non-hydrogen) atoms. The quantitative estimate of drug-likeness (QED) is 0.638. The molecule has 5 heteroatoms. The van der Waals surface area contributed by atoms with Crippen molar-refractivity contribution in [3.05, 3.63) is 48.6 Å². The summed E-state index contributed by atoms with van der Waals surface area (Å²) in [6.07, 6.45) is 5.69. The molecule has 0 aromatic carbocycles. The molecule has 0 fully saturated rings. The fourth-order valence-corrected chi connectivity index (χ4v) is 0.989. The van der Waals surface area contributed by atoms with Crippen LogP contribution in [0.4, 0.5) is 0 Å². The van der Waals surface area contributed by atoms with Gasteiger partial charge in [-0.25, -0.2) is 15.0 Å². The van der Waals surface area contributed by atoms with Crippen LogP contribution < -0.4 is 0 Å². The highest BCUT2D eigenvalue weighted by molar-refractivity contribution is 6.06. The number of aromatic nitrogens is 4. The summed E-state index contributed by atoms with van der Waals surface area (Å²) in [5.41, 5.74) is 0.520. The molecule has 0 atom stereocenters. The third-order valence-corrected chi connectivity index (χ3v) is 1.64. The first-order valence-corrected chi connectivity index (χ1v) is 3.94. The van der Waals surface area contributed by atoms with Crippen LogP contribution in [0.1, 0.15) is 16.2 Å². The van der Waals surface area contributed by atoms with Crippen LogP contribution in [0.3, 0.4) is 0 Å². The van der Waals surface area contributed by atoms with E-state index >= 15 is 0 Å². The molecule has 2 rings (SSSR count). The minimum absolute atomic E-state index is 0.145. The van der Waals surface area contributed by atoms with Crippen LogP contribution >= 0.6 is 0 Å². The number of carbonyl (C=O) groups excluding carboxylic acids is 1. The smallest absolute Gasteiger partial charge is 0.230 e. The molecule has 68 valence electrons. The molecular formula is C9H6N4O. The Bertz CT molecular complexity index is 388. The SMILES string of the molecule is O=C(c1ccncc1)c1ncncn1. The van der Waals surface area contributed by atoms with Crippen molar-refractivity contribution in [3.8, 4) is 0 Å². The molecule has 0 bridgehead atoms. The van der Waals surface area contributed by atoms with Crippen molar-refractivity contribution < 1.29 is 4.79 Å². The molecule has 5 nitrogen and oxygen atoms in total. The highest BCUT2D eigenvalue weighted by Gasteiger charge is 2.10. The topological polar surface area (TPSA) is 68.6 Å². The van der Waals surface area contributed by atoms with E-state index in [1.165, 1.54) is 12.7 Å². The first-order chi connectivity index (χ1) is 6.88. The molecule has 2 heterocycles. The first kappa shape index (κ1) is 8.43. The minimum atomic E-state index is -0.227. The van der Waals surface area contributed by atoms with E-state index in [9.17, 15) is 4.79 Å². The van der Waals surface area contributed by atoms with Crippen molar-refractivity contribution in [3.63, 3.8) is 0 Å². The molecule has 0 spiro atoms. The number of hydrogen-bond donors (Lipinski definition) is 0. The summed E-state index contributed by atoms with van der Waals surface area (Å²) in [6, 6.07) is 3.23. The largest absolute Gasteiger partial charge is 0.285 e. The van der Waals surface area contributed by atoms with E-state index in [1.54, 1.807) is 24.5 Å². The molecule has 0 amide bonds. The van der Waals surface area contributed by atoms with E-state index in [2.05, 4.69) is 19.9 Å². The molecule has 2 aromatic heterocycles. The molecular weight excluding hydrogens is 180 g/mol. The first-order valence-electron chi connectivity index (χ1n) is 3.94. The average Bonchev–Trinajstić information content (AvgIpc) is 2.30. The van der Waals surface area contributed by atoms with E-state index in [4.69, 9.17) is 0 Å². The van der Waals surface area contributed by atoms with Crippen LogP contribution in [0.5, 0.6) is 0 Å². The summed E-state index contributed by atoms with van der Waals surface area (Å²) in [5, 5.41) is 0. The van der Waals surface area contributed by atoms with Gasteiger partial charge in [0.1, 0.15) is 12.7 Å². The molecule has 0 aliphatic rings. The lowest BCUT2D eigenvalue weighted by Gasteiger charge is -1.96. The zero-order valence-corrected chi connectivity index (χ0v) is 7.16. The van der Waals surface area contributed by atoms with Gasteiger partial charge in [-0.2, -0.15) is 0 Å². The van der Waals surface area contributed by atoms with Gasteiger partial charge in [-0.3, -0.25) is 9.78 Å². The second kappa shape index (κ2) is 3.69. The monoisotopic (exact) mass is 186 g/mol. The van der Waals surface area contributed by atoms with Crippen molar-refractivity contribution in [2.24, 2.45) is 0 Å². The second-order valence-corrected chi connectivity index (χ2v) is 2.53. The highest BCUT2D eigenvalue weighted by Crippen LogP contribution is 2.02. The Labute approximate surface area is 79.9 Å². The van der Waals surface area contributed by atoms with Gasteiger partial charge in [0.15, 0.2) is 0 Å². The molecule has 0 radical (unpaired) electrons. The fourth-order valence-electron chi connectivity index (χ4n) is 0.989. The molecule has 0 saturated carbocycles. The van der Waals surface area contributed by atoms with Crippen LogP contribution in [0, 0.1) is 0 Å². The van der Waals surface area contributed by atoms with Crippen molar-refractivity contribution in [2.45, 2.75) is 0 Å². The molecule has 0 saturated heterocycles. The van der Waals surface area contributed by atoms with Gasteiger partial charge in [-0.1, -0.05) is 0 Å². The molecule has 2 aromatic rings. The summed E-state index contributed by atoms with van der Waals surface area (Å²) < 4.78 is 0. The van der Waals surface area contributed by atoms with Gasteiger partial charge in [0.05, 0.1) is 0 Å². The maximum absolute atomic E-state index is 11.7. The number of ketones is 1. The van der Waals surface area contributed by atoms with E-state index in [1.807, 2.05) is 0 Å². The van der Waals surface area contributed by atoms with Gasteiger partial charge in [0, 0.05) is 18.0 Å². The van der Waals surface area contributed by atoms with Crippen LogP contribution in [0.15, 0.2) is 37.2 Å². The van der Waals surface area contributed by atoms with Crippen LogP contribution in [-0.4, -0.2) is 25.7 Å². The third kappa shape index (κ3) is 1.61. The van der Waals surface area contributed by atoms with Crippen molar-refractivity contribution in [1.82, 2.24) is 19.9 Å². The second-order valence-electron chi connectivity index (χ2n) is 2.53. The predicted molar refractivity (Wildman–Crippen MR) is 47.5 cm³/mol. The summed E-state index contributed by atoms with van der Waals surface area (Å²) >= 11 is 0. The maximum atomic E-state index is 11.7. The standard InChI is InChI=1S/C9H6N4O/c14-8(7-1-3-10-4-2-7)9-12-5-11-6-13-9/h1-6H. The average molecular weight is 186 g/mol. The van der Waals surface area contributed by atoms with E-state index in [0.29, 0.717) is 5.56 Å². The van der Waals surface area contributed by atoms with E-state index in [0.717, 1.165) is 0 Å². The van der Waals surface area contributed by atoms with E-state index in [-0.39, 0.29) is 11.6 Å². The Morgan fingerprint density at radius 1 is 1.00 bits per heavy atom. The minimum Gasteiger partial charge on any atom is -0.285 e.